The lowest BCUT2D eigenvalue weighted by molar-refractivity contribution is 0.414. The lowest BCUT2D eigenvalue weighted by atomic mass is 10.1. The van der Waals surface area contributed by atoms with Crippen LogP contribution in [0.25, 0.3) is 0 Å². The highest BCUT2D eigenvalue weighted by Gasteiger charge is 2.25. The first-order chi connectivity index (χ1) is 11.8. The highest BCUT2D eigenvalue weighted by atomic mass is 35.5. The van der Waals surface area contributed by atoms with E-state index in [0.717, 1.165) is 5.56 Å². The third-order valence-corrected chi connectivity index (χ3v) is 6.24. The fourth-order valence-corrected chi connectivity index (χ4v) is 4.50. The molecule has 0 aliphatic heterocycles. The smallest absolute Gasteiger partial charge is 0.242 e. The molecule has 2 aromatic rings. The molecule has 1 N–H and O–H groups in total. The van der Waals surface area contributed by atoms with E-state index in [-0.39, 0.29) is 14.9 Å². The molecule has 136 valence electrons. The maximum atomic E-state index is 12.8. The van der Waals surface area contributed by atoms with Gasteiger partial charge in [0.2, 0.25) is 10.0 Å². The average molecular weight is 404 g/mol. The first-order valence-electron chi connectivity index (χ1n) is 7.52. The third kappa shape index (κ3) is 4.39. The van der Waals surface area contributed by atoms with Crippen molar-refractivity contribution >= 4 is 33.2 Å². The van der Waals surface area contributed by atoms with Gasteiger partial charge in [-0.1, -0.05) is 42.3 Å². The number of hydrogen-bond donors (Lipinski definition) is 1. The molecule has 0 aliphatic rings. The van der Waals surface area contributed by atoms with Crippen molar-refractivity contribution in [3.8, 4) is 11.5 Å². The van der Waals surface area contributed by atoms with Gasteiger partial charge in [-0.15, -0.1) is 0 Å². The molecule has 5 nitrogen and oxygen atoms in total. The monoisotopic (exact) mass is 403 g/mol. The van der Waals surface area contributed by atoms with Crippen LogP contribution in [-0.2, 0) is 10.0 Å². The molecule has 25 heavy (non-hydrogen) atoms. The third-order valence-electron chi connectivity index (χ3n) is 3.74. The molecule has 2 aromatic carbocycles. The summed E-state index contributed by atoms with van der Waals surface area (Å²) < 4.78 is 38.3. The molecule has 8 heteroatoms. The standard InChI is InChI=1S/C17H19Cl2NO4S/c1-4-13(11-5-7-12(23-2)8-6-11)20-25(21,22)15-10-9-14(24-3)16(18)17(15)19/h5-10,13,20H,4H2,1-3H3/t13-/m1/s1. The predicted molar refractivity (Wildman–Crippen MR) is 99.4 cm³/mol. The topological polar surface area (TPSA) is 64.6 Å². The van der Waals surface area contributed by atoms with Crippen LogP contribution in [0.1, 0.15) is 24.9 Å². The largest absolute Gasteiger partial charge is 0.497 e. The Bertz CT molecular complexity index is 838. The Balaban J connectivity index is 2.34. The molecule has 0 saturated carbocycles. The maximum Gasteiger partial charge on any atom is 0.242 e. The Labute approximate surface area is 157 Å². The molecule has 1 atom stereocenters. The normalized spacial score (nSPS) is 12.7. The van der Waals surface area contributed by atoms with Crippen molar-refractivity contribution < 1.29 is 17.9 Å². The predicted octanol–water partition coefficient (Wildman–Crippen LogP) is 4.44. The van der Waals surface area contributed by atoms with E-state index in [1.54, 1.807) is 19.2 Å². The number of methoxy groups -OCH3 is 2. The van der Waals surface area contributed by atoms with E-state index in [9.17, 15) is 8.42 Å². The van der Waals surface area contributed by atoms with Gasteiger partial charge in [-0.3, -0.25) is 0 Å². The van der Waals surface area contributed by atoms with E-state index < -0.39 is 16.1 Å². The van der Waals surface area contributed by atoms with E-state index in [2.05, 4.69) is 4.72 Å². The number of rotatable bonds is 7. The Morgan fingerprint density at radius 1 is 1.00 bits per heavy atom. The molecular weight excluding hydrogens is 385 g/mol. The van der Waals surface area contributed by atoms with Gasteiger partial charge in [0, 0.05) is 6.04 Å². The van der Waals surface area contributed by atoms with Gasteiger partial charge in [-0.2, -0.15) is 0 Å². The fourth-order valence-electron chi connectivity index (χ4n) is 2.35. The van der Waals surface area contributed by atoms with Crippen LogP contribution in [0.4, 0.5) is 0 Å². The summed E-state index contributed by atoms with van der Waals surface area (Å²) in [5, 5.41) is -0.0114. The lowest BCUT2D eigenvalue weighted by Gasteiger charge is -2.19. The van der Waals surface area contributed by atoms with Crippen LogP contribution < -0.4 is 14.2 Å². The van der Waals surface area contributed by atoms with Gasteiger partial charge >= 0.3 is 0 Å². The Morgan fingerprint density at radius 3 is 2.16 bits per heavy atom. The van der Waals surface area contributed by atoms with Gasteiger partial charge in [0.15, 0.2) is 0 Å². The average Bonchev–Trinajstić information content (AvgIpc) is 2.61. The maximum absolute atomic E-state index is 12.8. The second kappa shape index (κ2) is 8.27. The lowest BCUT2D eigenvalue weighted by Crippen LogP contribution is -2.28. The molecule has 0 aliphatic carbocycles. The van der Waals surface area contributed by atoms with Crippen LogP contribution in [0.2, 0.25) is 10.0 Å². The summed E-state index contributed by atoms with van der Waals surface area (Å²) in [6.07, 6.45) is 0.563. The van der Waals surface area contributed by atoms with Crippen molar-refractivity contribution in [2.75, 3.05) is 14.2 Å². The molecule has 0 spiro atoms. The summed E-state index contributed by atoms with van der Waals surface area (Å²) in [5.74, 6) is 1.01. The molecule has 2 rings (SSSR count). The Morgan fingerprint density at radius 2 is 1.64 bits per heavy atom. The highest BCUT2D eigenvalue weighted by molar-refractivity contribution is 7.89. The molecule has 0 heterocycles. The fraction of sp³-hybridized carbons (Fsp3) is 0.294. The second-order valence-corrected chi connectivity index (χ2v) is 7.69. The Kier molecular flexibility index (Phi) is 6.57. The van der Waals surface area contributed by atoms with E-state index in [4.69, 9.17) is 32.7 Å². The van der Waals surface area contributed by atoms with E-state index in [1.807, 2.05) is 19.1 Å². The minimum Gasteiger partial charge on any atom is -0.497 e. The number of nitrogens with one attached hydrogen (secondary N) is 1. The number of hydrogen-bond acceptors (Lipinski definition) is 4. The van der Waals surface area contributed by atoms with Gasteiger partial charge < -0.3 is 9.47 Å². The number of ether oxygens (including phenoxy) is 2. The zero-order valence-electron chi connectivity index (χ0n) is 14.0. The molecule has 0 aromatic heterocycles. The van der Waals surface area contributed by atoms with Crippen molar-refractivity contribution in [1.82, 2.24) is 4.72 Å². The Hall–Kier alpha value is -1.47. The van der Waals surface area contributed by atoms with E-state index in [0.29, 0.717) is 17.9 Å². The summed E-state index contributed by atoms with van der Waals surface area (Å²) in [6.45, 7) is 1.89. The zero-order valence-corrected chi connectivity index (χ0v) is 16.4. The van der Waals surface area contributed by atoms with Crippen LogP contribution in [0.15, 0.2) is 41.3 Å². The van der Waals surface area contributed by atoms with Crippen molar-refractivity contribution in [1.29, 1.82) is 0 Å². The van der Waals surface area contributed by atoms with Gasteiger partial charge in [0.25, 0.3) is 0 Å². The first-order valence-corrected chi connectivity index (χ1v) is 9.76. The zero-order chi connectivity index (χ0) is 18.6. The van der Waals surface area contributed by atoms with Crippen molar-refractivity contribution in [2.24, 2.45) is 0 Å². The molecular formula is C17H19Cl2NO4S. The minimum atomic E-state index is -3.87. The summed E-state index contributed by atoms with van der Waals surface area (Å²) in [6, 6.07) is 9.63. The molecule has 0 bridgehead atoms. The minimum absolute atomic E-state index is 0.0598. The van der Waals surface area contributed by atoms with E-state index in [1.165, 1.54) is 19.2 Å². The van der Waals surface area contributed by atoms with Gasteiger partial charge in [-0.05, 0) is 36.2 Å². The molecule has 0 radical (unpaired) electrons. The van der Waals surface area contributed by atoms with Crippen LogP contribution in [0, 0.1) is 0 Å². The summed E-state index contributed by atoms with van der Waals surface area (Å²) in [7, 11) is -0.862. The molecule has 0 fully saturated rings. The number of halogens is 2. The van der Waals surface area contributed by atoms with Gasteiger partial charge in [0.05, 0.1) is 19.2 Å². The van der Waals surface area contributed by atoms with Crippen LogP contribution in [0.3, 0.4) is 0 Å². The highest BCUT2D eigenvalue weighted by Crippen LogP contribution is 2.37. The van der Waals surface area contributed by atoms with E-state index >= 15 is 0 Å². The van der Waals surface area contributed by atoms with Gasteiger partial charge in [0.1, 0.15) is 21.4 Å². The summed E-state index contributed by atoms with van der Waals surface area (Å²) >= 11 is 12.2. The van der Waals surface area contributed by atoms with Crippen molar-refractivity contribution in [3.63, 3.8) is 0 Å². The number of sulfonamides is 1. The van der Waals surface area contributed by atoms with Crippen LogP contribution in [-0.4, -0.2) is 22.6 Å². The van der Waals surface area contributed by atoms with Gasteiger partial charge in [-0.25, -0.2) is 13.1 Å². The van der Waals surface area contributed by atoms with Crippen LogP contribution >= 0.6 is 23.2 Å². The first kappa shape index (κ1) is 19.8. The summed E-state index contributed by atoms with van der Waals surface area (Å²) in [5.41, 5.74) is 0.822. The SMILES string of the molecule is CC[C@@H](NS(=O)(=O)c1ccc(OC)c(Cl)c1Cl)c1ccc(OC)cc1. The van der Waals surface area contributed by atoms with Crippen molar-refractivity contribution in [2.45, 2.75) is 24.3 Å². The molecule has 0 unspecified atom stereocenters. The quantitative estimate of drug-likeness (QED) is 0.741. The number of benzene rings is 2. The summed E-state index contributed by atoms with van der Waals surface area (Å²) in [4.78, 5) is -0.0908. The van der Waals surface area contributed by atoms with Crippen molar-refractivity contribution in [3.05, 3.63) is 52.0 Å². The molecule has 0 saturated heterocycles. The van der Waals surface area contributed by atoms with Crippen LogP contribution in [0.5, 0.6) is 11.5 Å². The second-order valence-electron chi connectivity index (χ2n) is 5.25. The molecule has 0 amide bonds.